The third-order valence-corrected chi connectivity index (χ3v) is 2.42. The highest BCUT2D eigenvalue weighted by atomic mass is 16.6. The van der Waals surface area contributed by atoms with Gasteiger partial charge in [-0.25, -0.2) is 4.79 Å². The SMILES string of the molecule is CCNC(=NCCCNC(=O)OC(C)(C)C)NC(C)COC. The molecule has 0 radical (unpaired) electrons. The van der Waals surface area contributed by atoms with Crippen molar-refractivity contribution in [3.63, 3.8) is 0 Å². The summed E-state index contributed by atoms with van der Waals surface area (Å²) >= 11 is 0. The van der Waals surface area contributed by atoms with Gasteiger partial charge in [0.25, 0.3) is 0 Å². The number of carbonyl (C=O) groups is 1. The number of nitrogens with one attached hydrogen (secondary N) is 3. The molecule has 0 aliphatic rings. The fraction of sp³-hybridized carbons (Fsp3) is 0.867. The van der Waals surface area contributed by atoms with E-state index in [1.54, 1.807) is 7.11 Å². The Bertz CT molecular complexity index is 340. The lowest BCUT2D eigenvalue weighted by Crippen LogP contribution is -2.44. The van der Waals surface area contributed by atoms with E-state index < -0.39 is 11.7 Å². The maximum absolute atomic E-state index is 11.5. The first-order chi connectivity index (χ1) is 10.3. The zero-order valence-corrected chi connectivity index (χ0v) is 14.8. The van der Waals surface area contributed by atoms with Crippen molar-refractivity contribution in [2.24, 2.45) is 4.99 Å². The summed E-state index contributed by atoms with van der Waals surface area (Å²) in [7, 11) is 1.67. The molecular weight excluding hydrogens is 284 g/mol. The first-order valence-corrected chi connectivity index (χ1v) is 7.79. The Hall–Kier alpha value is -1.50. The van der Waals surface area contributed by atoms with E-state index in [1.165, 1.54) is 0 Å². The molecule has 3 N–H and O–H groups in total. The van der Waals surface area contributed by atoms with Crippen LogP contribution < -0.4 is 16.0 Å². The minimum absolute atomic E-state index is 0.183. The molecule has 0 rings (SSSR count). The van der Waals surface area contributed by atoms with Gasteiger partial charge in [-0.3, -0.25) is 4.99 Å². The summed E-state index contributed by atoms with van der Waals surface area (Å²) in [6, 6.07) is 0.183. The van der Waals surface area contributed by atoms with Crippen LogP contribution in [0.5, 0.6) is 0 Å². The number of methoxy groups -OCH3 is 1. The van der Waals surface area contributed by atoms with Crippen LogP contribution in [0, 0.1) is 0 Å². The summed E-state index contributed by atoms with van der Waals surface area (Å²) in [4.78, 5) is 15.9. The van der Waals surface area contributed by atoms with Gasteiger partial charge in [0.15, 0.2) is 5.96 Å². The molecule has 1 unspecified atom stereocenters. The third-order valence-electron chi connectivity index (χ3n) is 2.42. The molecular formula is C15H32N4O3. The molecule has 0 fully saturated rings. The van der Waals surface area contributed by atoms with Crippen molar-refractivity contribution in [2.45, 2.75) is 52.7 Å². The summed E-state index contributed by atoms with van der Waals surface area (Å²) in [6.45, 7) is 12.1. The molecule has 0 aliphatic carbocycles. The van der Waals surface area contributed by atoms with Gasteiger partial charge in [0.1, 0.15) is 5.60 Å². The molecule has 7 heteroatoms. The van der Waals surface area contributed by atoms with E-state index in [-0.39, 0.29) is 6.04 Å². The van der Waals surface area contributed by atoms with E-state index in [4.69, 9.17) is 9.47 Å². The number of aliphatic imine (C=N–C) groups is 1. The lowest BCUT2D eigenvalue weighted by Gasteiger charge is -2.19. The van der Waals surface area contributed by atoms with Crippen LogP contribution in [-0.2, 0) is 9.47 Å². The number of guanidine groups is 1. The lowest BCUT2D eigenvalue weighted by molar-refractivity contribution is 0.0527. The van der Waals surface area contributed by atoms with Crippen LogP contribution in [0.2, 0.25) is 0 Å². The average molecular weight is 316 g/mol. The zero-order valence-electron chi connectivity index (χ0n) is 14.8. The van der Waals surface area contributed by atoms with Crippen LogP contribution in [0.15, 0.2) is 4.99 Å². The van der Waals surface area contributed by atoms with Crippen LogP contribution in [0.3, 0.4) is 0 Å². The van der Waals surface area contributed by atoms with Crippen LogP contribution >= 0.6 is 0 Å². The van der Waals surface area contributed by atoms with E-state index in [0.29, 0.717) is 19.7 Å². The van der Waals surface area contributed by atoms with Crippen molar-refractivity contribution in [1.82, 2.24) is 16.0 Å². The van der Waals surface area contributed by atoms with Gasteiger partial charge in [-0.05, 0) is 41.0 Å². The molecule has 1 amide bonds. The number of hydrogen-bond donors (Lipinski definition) is 3. The molecule has 7 nitrogen and oxygen atoms in total. The van der Waals surface area contributed by atoms with Crippen molar-refractivity contribution >= 4 is 12.1 Å². The molecule has 0 saturated carbocycles. The third kappa shape index (κ3) is 12.3. The number of amides is 1. The second kappa shape index (κ2) is 11.1. The van der Waals surface area contributed by atoms with Gasteiger partial charge in [-0.1, -0.05) is 0 Å². The van der Waals surface area contributed by atoms with Crippen molar-refractivity contribution < 1.29 is 14.3 Å². The molecule has 0 aromatic heterocycles. The normalized spacial score (nSPS) is 13.5. The van der Waals surface area contributed by atoms with E-state index in [2.05, 4.69) is 20.9 Å². The van der Waals surface area contributed by atoms with Gasteiger partial charge in [-0.15, -0.1) is 0 Å². The van der Waals surface area contributed by atoms with Gasteiger partial charge in [0.05, 0.1) is 6.61 Å². The standard InChI is InChI=1S/C15H32N4O3/c1-7-16-13(19-12(2)11-21-6)17-9-8-10-18-14(20)22-15(3,4)5/h12H,7-11H2,1-6H3,(H,18,20)(H2,16,17,19). The highest BCUT2D eigenvalue weighted by molar-refractivity contribution is 5.80. The summed E-state index contributed by atoms with van der Waals surface area (Å²) in [5.74, 6) is 0.754. The minimum atomic E-state index is -0.470. The molecule has 1 atom stereocenters. The van der Waals surface area contributed by atoms with Crippen molar-refractivity contribution in [3.8, 4) is 0 Å². The lowest BCUT2D eigenvalue weighted by atomic mass is 10.2. The van der Waals surface area contributed by atoms with Crippen LogP contribution in [0.25, 0.3) is 0 Å². The summed E-state index contributed by atoms with van der Waals surface area (Å²) in [5, 5.41) is 9.14. The Kier molecular flexibility index (Phi) is 10.4. The van der Waals surface area contributed by atoms with Gasteiger partial charge >= 0.3 is 6.09 Å². The Morgan fingerprint density at radius 2 is 1.95 bits per heavy atom. The number of hydrogen-bond acceptors (Lipinski definition) is 4. The first kappa shape index (κ1) is 20.5. The first-order valence-electron chi connectivity index (χ1n) is 7.79. The number of nitrogens with zero attached hydrogens (tertiary/aromatic N) is 1. The maximum atomic E-state index is 11.5. The molecule has 22 heavy (non-hydrogen) atoms. The Balaban J connectivity index is 4.02. The fourth-order valence-electron chi connectivity index (χ4n) is 1.62. The minimum Gasteiger partial charge on any atom is -0.444 e. The fourth-order valence-corrected chi connectivity index (χ4v) is 1.62. The van der Waals surface area contributed by atoms with Crippen LogP contribution in [-0.4, -0.2) is 57.0 Å². The number of carbonyl (C=O) groups excluding carboxylic acids is 1. The number of rotatable bonds is 8. The number of alkyl carbamates (subject to hydrolysis) is 1. The average Bonchev–Trinajstić information content (AvgIpc) is 2.36. The topological polar surface area (TPSA) is 84.0 Å². The largest absolute Gasteiger partial charge is 0.444 e. The highest BCUT2D eigenvalue weighted by Gasteiger charge is 2.15. The molecule has 0 spiro atoms. The van der Waals surface area contributed by atoms with Crippen molar-refractivity contribution in [1.29, 1.82) is 0 Å². The second-order valence-corrected chi connectivity index (χ2v) is 6.04. The van der Waals surface area contributed by atoms with E-state index in [9.17, 15) is 4.79 Å². The molecule has 0 aromatic rings. The summed E-state index contributed by atoms with van der Waals surface area (Å²) < 4.78 is 10.2. The van der Waals surface area contributed by atoms with E-state index in [1.807, 2.05) is 34.6 Å². The predicted octanol–water partition coefficient (Wildman–Crippen LogP) is 1.49. The second-order valence-electron chi connectivity index (χ2n) is 6.04. The monoisotopic (exact) mass is 316 g/mol. The molecule has 0 aromatic carbocycles. The molecule has 0 bridgehead atoms. The molecule has 0 saturated heterocycles. The van der Waals surface area contributed by atoms with Crippen molar-refractivity contribution in [3.05, 3.63) is 0 Å². The molecule has 130 valence electrons. The Morgan fingerprint density at radius 3 is 2.50 bits per heavy atom. The van der Waals surface area contributed by atoms with E-state index in [0.717, 1.165) is 18.9 Å². The van der Waals surface area contributed by atoms with E-state index >= 15 is 0 Å². The van der Waals surface area contributed by atoms with Gasteiger partial charge < -0.3 is 25.4 Å². The Morgan fingerprint density at radius 1 is 1.27 bits per heavy atom. The van der Waals surface area contributed by atoms with Gasteiger partial charge in [-0.2, -0.15) is 0 Å². The quantitative estimate of drug-likeness (QED) is 0.359. The smallest absolute Gasteiger partial charge is 0.407 e. The predicted molar refractivity (Wildman–Crippen MR) is 89.3 cm³/mol. The van der Waals surface area contributed by atoms with Crippen LogP contribution in [0.1, 0.15) is 41.0 Å². The van der Waals surface area contributed by atoms with Crippen LogP contribution in [0.4, 0.5) is 4.79 Å². The summed E-state index contributed by atoms with van der Waals surface area (Å²) in [5.41, 5.74) is -0.470. The van der Waals surface area contributed by atoms with Crippen molar-refractivity contribution in [2.75, 3.05) is 33.4 Å². The number of ether oxygens (including phenoxy) is 2. The molecule has 0 heterocycles. The summed E-state index contributed by atoms with van der Waals surface area (Å²) in [6.07, 6.45) is 0.351. The Labute approximate surface area is 134 Å². The zero-order chi connectivity index (χ0) is 17.0. The maximum Gasteiger partial charge on any atom is 0.407 e. The van der Waals surface area contributed by atoms with Gasteiger partial charge in [0, 0.05) is 32.8 Å². The highest BCUT2D eigenvalue weighted by Crippen LogP contribution is 2.06. The van der Waals surface area contributed by atoms with Gasteiger partial charge in [0.2, 0.25) is 0 Å². The molecule has 0 aliphatic heterocycles.